The summed E-state index contributed by atoms with van der Waals surface area (Å²) in [5.74, 6) is 1.60. The Kier molecular flexibility index (Phi) is 5.56. The van der Waals surface area contributed by atoms with Crippen LogP contribution in [0.15, 0.2) is 27.1 Å². The predicted octanol–water partition coefficient (Wildman–Crippen LogP) is 5.54. The standard InChI is InChI=1S/C24H27BrN4O2/c1-14-6-7-17(12-18(14)25)22(30)20-15(2)21(24-28-27-23(31-24)16-8-9-16)26-19(20)13-29-10-4-3-5-11-29/h6-7,12,16,26H,3-5,8-11,13H2,1-2H3. The fourth-order valence-corrected chi connectivity index (χ4v) is 4.73. The molecule has 1 N–H and O–H groups in total. The van der Waals surface area contributed by atoms with Crippen molar-refractivity contribution in [2.24, 2.45) is 0 Å². The lowest BCUT2D eigenvalue weighted by Crippen LogP contribution is -2.30. The van der Waals surface area contributed by atoms with E-state index in [-0.39, 0.29) is 5.78 Å². The highest BCUT2D eigenvalue weighted by molar-refractivity contribution is 9.10. The number of H-pyrrole nitrogens is 1. The summed E-state index contributed by atoms with van der Waals surface area (Å²) in [6, 6.07) is 5.79. The lowest BCUT2D eigenvalue weighted by Gasteiger charge is -2.26. The van der Waals surface area contributed by atoms with Crippen LogP contribution in [0.25, 0.3) is 11.6 Å². The fraction of sp³-hybridized carbons (Fsp3) is 0.458. The van der Waals surface area contributed by atoms with Crippen molar-refractivity contribution in [3.63, 3.8) is 0 Å². The Morgan fingerprint density at radius 3 is 2.68 bits per heavy atom. The summed E-state index contributed by atoms with van der Waals surface area (Å²) in [4.78, 5) is 19.5. The van der Waals surface area contributed by atoms with Gasteiger partial charge in [-0.1, -0.05) is 34.5 Å². The zero-order valence-electron chi connectivity index (χ0n) is 18.0. The van der Waals surface area contributed by atoms with Gasteiger partial charge in [0.05, 0.1) is 0 Å². The molecule has 6 nitrogen and oxygen atoms in total. The Morgan fingerprint density at radius 1 is 1.19 bits per heavy atom. The molecule has 31 heavy (non-hydrogen) atoms. The smallest absolute Gasteiger partial charge is 0.264 e. The molecule has 162 valence electrons. The minimum Gasteiger partial charge on any atom is -0.419 e. The average Bonchev–Trinajstić information content (AvgIpc) is 3.42. The van der Waals surface area contributed by atoms with Crippen LogP contribution < -0.4 is 0 Å². The van der Waals surface area contributed by atoms with Gasteiger partial charge in [-0.2, -0.15) is 0 Å². The van der Waals surface area contributed by atoms with Gasteiger partial charge in [0.2, 0.25) is 5.89 Å². The van der Waals surface area contributed by atoms with Gasteiger partial charge in [-0.05, 0) is 69.8 Å². The van der Waals surface area contributed by atoms with Crippen LogP contribution in [0.4, 0.5) is 0 Å². The quantitative estimate of drug-likeness (QED) is 0.466. The van der Waals surface area contributed by atoms with E-state index >= 15 is 0 Å². The number of aromatic amines is 1. The van der Waals surface area contributed by atoms with E-state index in [1.165, 1.54) is 19.3 Å². The number of nitrogens with one attached hydrogen (secondary N) is 1. The first-order valence-corrected chi connectivity index (χ1v) is 11.9. The Bertz CT molecular complexity index is 1120. The van der Waals surface area contributed by atoms with Crippen LogP contribution in [0.3, 0.4) is 0 Å². The Hall–Kier alpha value is -2.25. The number of piperidine rings is 1. The first-order chi connectivity index (χ1) is 15.0. The molecule has 0 spiro atoms. The number of halogens is 1. The van der Waals surface area contributed by atoms with Crippen LogP contribution in [-0.2, 0) is 6.54 Å². The molecule has 1 saturated carbocycles. The molecule has 2 aromatic heterocycles. The topological polar surface area (TPSA) is 75.0 Å². The van der Waals surface area contributed by atoms with E-state index in [0.717, 1.165) is 65.0 Å². The van der Waals surface area contributed by atoms with Gasteiger partial charge in [0, 0.05) is 33.8 Å². The largest absolute Gasteiger partial charge is 0.419 e. The van der Waals surface area contributed by atoms with Crippen molar-refractivity contribution in [1.29, 1.82) is 0 Å². The van der Waals surface area contributed by atoms with Crippen LogP contribution >= 0.6 is 15.9 Å². The summed E-state index contributed by atoms with van der Waals surface area (Å²) in [6.45, 7) is 6.83. The van der Waals surface area contributed by atoms with Gasteiger partial charge in [-0.25, -0.2) is 0 Å². The summed E-state index contributed by atoms with van der Waals surface area (Å²) in [7, 11) is 0. The van der Waals surface area contributed by atoms with Gasteiger partial charge in [-0.3, -0.25) is 9.69 Å². The number of carbonyl (C=O) groups is 1. The van der Waals surface area contributed by atoms with Crippen LogP contribution in [0, 0.1) is 13.8 Å². The highest BCUT2D eigenvalue weighted by atomic mass is 79.9. The summed E-state index contributed by atoms with van der Waals surface area (Å²) < 4.78 is 6.91. The number of rotatable bonds is 6. The molecule has 1 saturated heterocycles. The Balaban J connectivity index is 1.55. The van der Waals surface area contributed by atoms with Gasteiger partial charge in [0.15, 0.2) is 5.78 Å². The first kappa shape index (κ1) is 20.6. The lowest BCUT2D eigenvalue weighted by molar-refractivity contribution is 0.103. The van der Waals surface area contributed by atoms with E-state index in [0.29, 0.717) is 23.3 Å². The molecule has 1 aliphatic carbocycles. The Labute approximate surface area is 190 Å². The van der Waals surface area contributed by atoms with Gasteiger partial charge in [-0.15, -0.1) is 10.2 Å². The minimum atomic E-state index is 0.0228. The normalized spacial score (nSPS) is 17.3. The van der Waals surface area contributed by atoms with E-state index in [1.54, 1.807) is 0 Å². The maximum atomic E-state index is 13.6. The van der Waals surface area contributed by atoms with Gasteiger partial charge in [0.1, 0.15) is 5.69 Å². The van der Waals surface area contributed by atoms with Crippen molar-refractivity contribution in [1.82, 2.24) is 20.1 Å². The zero-order valence-corrected chi connectivity index (χ0v) is 19.6. The highest BCUT2D eigenvalue weighted by Crippen LogP contribution is 2.40. The SMILES string of the molecule is Cc1ccc(C(=O)c2c(CN3CCCCC3)[nH]c(-c3nnc(C4CC4)o3)c2C)cc1Br. The molecule has 0 unspecified atom stereocenters. The predicted molar refractivity (Wildman–Crippen MR) is 122 cm³/mol. The molecular formula is C24H27BrN4O2. The molecule has 0 radical (unpaired) electrons. The summed E-state index contributed by atoms with van der Waals surface area (Å²) in [5.41, 5.74) is 5.08. The molecule has 1 aliphatic heterocycles. The van der Waals surface area contributed by atoms with Crippen molar-refractivity contribution >= 4 is 21.7 Å². The maximum absolute atomic E-state index is 13.6. The summed E-state index contributed by atoms with van der Waals surface area (Å²) in [6.07, 6.45) is 5.90. The molecule has 0 bridgehead atoms. The van der Waals surface area contributed by atoms with E-state index in [2.05, 4.69) is 36.0 Å². The van der Waals surface area contributed by atoms with E-state index in [1.807, 2.05) is 32.0 Å². The number of likely N-dealkylation sites (tertiary alicyclic amines) is 1. The first-order valence-electron chi connectivity index (χ1n) is 11.1. The van der Waals surface area contributed by atoms with Gasteiger partial charge in [0.25, 0.3) is 5.89 Å². The number of aryl methyl sites for hydroxylation is 1. The second-order valence-electron chi connectivity index (χ2n) is 8.83. The monoisotopic (exact) mass is 482 g/mol. The average molecular weight is 483 g/mol. The number of hydrogen-bond donors (Lipinski definition) is 1. The molecule has 0 atom stereocenters. The molecule has 2 fully saturated rings. The summed E-state index contributed by atoms with van der Waals surface area (Å²) in [5, 5.41) is 8.52. The maximum Gasteiger partial charge on any atom is 0.264 e. The minimum absolute atomic E-state index is 0.0228. The second-order valence-corrected chi connectivity index (χ2v) is 9.68. The lowest BCUT2D eigenvalue weighted by atomic mass is 9.98. The molecule has 7 heteroatoms. The molecule has 1 aromatic carbocycles. The molecule has 2 aliphatic rings. The van der Waals surface area contributed by atoms with Crippen molar-refractivity contribution in [2.75, 3.05) is 13.1 Å². The van der Waals surface area contributed by atoms with Crippen LogP contribution in [0.5, 0.6) is 0 Å². The number of hydrogen-bond acceptors (Lipinski definition) is 5. The number of benzene rings is 1. The number of nitrogens with zero attached hydrogens (tertiary/aromatic N) is 3. The molecule has 3 aromatic rings. The highest BCUT2D eigenvalue weighted by Gasteiger charge is 2.31. The summed E-state index contributed by atoms with van der Waals surface area (Å²) >= 11 is 3.57. The third kappa shape index (κ3) is 4.13. The van der Waals surface area contributed by atoms with Gasteiger partial charge < -0.3 is 9.40 Å². The van der Waals surface area contributed by atoms with Crippen molar-refractivity contribution in [2.45, 2.75) is 58.4 Å². The molecule has 3 heterocycles. The second kappa shape index (κ2) is 8.36. The fourth-order valence-electron chi connectivity index (χ4n) is 4.35. The van der Waals surface area contributed by atoms with Crippen LogP contribution in [0.2, 0.25) is 0 Å². The Morgan fingerprint density at radius 2 is 1.97 bits per heavy atom. The third-order valence-corrected chi connectivity index (χ3v) is 7.25. The van der Waals surface area contributed by atoms with Crippen molar-refractivity contribution < 1.29 is 9.21 Å². The van der Waals surface area contributed by atoms with Crippen molar-refractivity contribution in [3.8, 4) is 11.6 Å². The van der Waals surface area contributed by atoms with Gasteiger partial charge >= 0.3 is 0 Å². The molecule has 0 amide bonds. The van der Waals surface area contributed by atoms with Crippen LogP contribution in [0.1, 0.15) is 76.7 Å². The van der Waals surface area contributed by atoms with Crippen molar-refractivity contribution in [3.05, 3.63) is 56.5 Å². The number of ketones is 1. The number of aromatic nitrogens is 3. The van der Waals surface area contributed by atoms with E-state index in [9.17, 15) is 4.79 Å². The molecule has 5 rings (SSSR count). The van der Waals surface area contributed by atoms with E-state index in [4.69, 9.17) is 4.42 Å². The van der Waals surface area contributed by atoms with Crippen LogP contribution in [-0.4, -0.2) is 39.0 Å². The molecular weight excluding hydrogens is 456 g/mol. The zero-order chi connectivity index (χ0) is 21.5. The third-order valence-electron chi connectivity index (χ3n) is 6.40. The van der Waals surface area contributed by atoms with E-state index < -0.39 is 0 Å². The number of carbonyl (C=O) groups excluding carboxylic acids is 1.